The predicted molar refractivity (Wildman–Crippen MR) is 77.4 cm³/mol. The third-order valence-corrected chi connectivity index (χ3v) is 4.67. The van der Waals surface area contributed by atoms with Crippen molar-refractivity contribution in [3.63, 3.8) is 0 Å². The fourth-order valence-corrected chi connectivity index (χ4v) is 3.45. The molecule has 2 fully saturated rings. The van der Waals surface area contributed by atoms with Crippen LogP contribution in [0.1, 0.15) is 37.9 Å². The number of nitrogens with zero attached hydrogens (tertiary/aromatic N) is 2. The third-order valence-electron chi connectivity index (χ3n) is 4.67. The average Bonchev–Trinajstić information content (AvgIpc) is 3.18. The maximum atomic E-state index is 12.2. The van der Waals surface area contributed by atoms with Crippen LogP contribution in [0.4, 0.5) is 0 Å². The summed E-state index contributed by atoms with van der Waals surface area (Å²) in [5.74, 6) is 1.18. The second-order valence-corrected chi connectivity index (χ2v) is 5.93. The number of carbonyl (C=O) groups excluding carboxylic acids is 1. The molecule has 4 nitrogen and oxygen atoms in total. The van der Waals surface area contributed by atoms with Crippen LogP contribution in [0, 0.1) is 0 Å². The van der Waals surface area contributed by atoms with E-state index in [0.29, 0.717) is 12.8 Å². The van der Waals surface area contributed by atoms with E-state index in [4.69, 9.17) is 4.42 Å². The van der Waals surface area contributed by atoms with Gasteiger partial charge in [0, 0.05) is 45.1 Å². The van der Waals surface area contributed by atoms with Gasteiger partial charge in [-0.05, 0) is 25.0 Å². The second-order valence-electron chi connectivity index (χ2n) is 5.93. The van der Waals surface area contributed by atoms with Crippen molar-refractivity contribution in [3.05, 3.63) is 24.2 Å². The Morgan fingerprint density at radius 3 is 2.60 bits per heavy atom. The zero-order valence-electron chi connectivity index (χ0n) is 12.1. The summed E-state index contributed by atoms with van der Waals surface area (Å²) in [5, 5.41) is 0. The van der Waals surface area contributed by atoms with E-state index in [1.165, 1.54) is 25.7 Å². The molecule has 1 aliphatic heterocycles. The number of hydrogen-bond donors (Lipinski definition) is 0. The maximum Gasteiger partial charge on any atom is 0.223 e. The molecule has 1 aromatic heterocycles. The van der Waals surface area contributed by atoms with Crippen LogP contribution >= 0.6 is 0 Å². The molecule has 0 atom stereocenters. The molecule has 2 aliphatic rings. The first-order valence-corrected chi connectivity index (χ1v) is 7.87. The highest BCUT2D eigenvalue weighted by Crippen LogP contribution is 2.24. The number of carbonyl (C=O) groups is 1. The van der Waals surface area contributed by atoms with Gasteiger partial charge < -0.3 is 9.32 Å². The summed E-state index contributed by atoms with van der Waals surface area (Å²) in [7, 11) is 0. The van der Waals surface area contributed by atoms with Gasteiger partial charge in [0.25, 0.3) is 0 Å². The Balaban J connectivity index is 1.41. The van der Waals surface area contributed by atoms with Crippen LogP contribution in [0.25, 0.3) is 0 Å². The predicted octanol–water partition coefficient (Wildman–Crippen LogP) is 2.30. The summed E-state index contributed by atoms with van der Waals surface area (Å²) in [6.07, 6.45) is 8.42. The Hall–Kier alpha value is -1.29. The van der Waals surface area contributed by atoms with Crippen molar-refractivity contribution in [2.24, 2.45) is 0 Å². The molecule has 2 heterocycles. The summed E-state index contributed by atoms with van der Waals surface area (Å²) in [4.78, 5) is 16.8. The number of hydrogen-bond acceptors (Lipinski definition) is 3. The lowest BCUT2D eigenvalue weighted by Gasteiger charge is -2.38. The first-order chi connectivity index (χ1) is 9.83. The van der Waals surface area contributed by atoms with Crippen LogP contribution in [0.2, 0.25) is 0 Å². The average molecular weight is 276 g/mol. The first kappa shape index (κ1) is 13.7. The highest BCUT2D eigenvalue weighted by atomic mass is 16.3. The summed E-state index contributed by atoms with van der Waals surface area (Å²) in [6.45, 7) is 3.90. The molecule has 1 amide bonds. The molecular weight excluding hydrogens is 252 g/mol. The molecule has 0 unspecified atom stereocenters. The number of aryl methyl sites for hydroxylation is 1. The van der Waals surface area contributed by atoms with E-state index in [1.807, 2.05) is 17.0 Å². The molecule has 1 saturated heterocycles. The van der Waals surface area contributed by atoms with Gasteiger partial charge in [-0.25, -0.2) is 0 Å². The Labute approximate surface area is 120 Å². The van der Waals surface area contributed by atoms with Crippen molar-refractivity contribution in [2.45, 2.75) is 44.6 Å². The van der Waals surface area contributed by atoms with E-state index in [2.05, 4.69) is 4.90 Å². The molecule has 1 aromatic rings. The molecule has 3 rings (SSSR count). The minimum Gasteiger partial charge on any atom is -0.469 e. The van der Waals surface area contributed by atoms with Gasteiger partial charge in [0.05, 0.1) is 6.26 Å². The van der Waals surface area contributed by atoms with E-state index in [-0.39, 0.29) is 5.91 Å². The number of furan rings is 1. The molecule has 4 heteroatoms. The summed E-state index contributed by atoms with van der Waals surface area (Å²) in [6, 6.07) is 4.60. The highest BCUT2D eigenvalue weighted by molar-refractivity contribution is 5.76. The molecule has 0 radical (unpaired) electrons. The van der Waals surface area contributed by atoms with Gasteiger partial charge >= 0.3 is 0 Å². The van der Waals surface area contributed by atoms with Gasteiger partial charge in [-0.1, -0.05) is 12.8 Å². The number of rotatable bonds is 4. The third kappa shape index (κ3) is 3.23. The summed E-state index contributed by atoms with van der Waals surface area (Å²) >= 11 is 0. The minimum atomic E-state index is 0.271. The number of amides is 1. The minimum absolute atomic E-state index is 0.271. The molecule has 1 aliphatic carbocycles. The molecule has 0 N–H and O–H groups in total. The first-order valence-electron chi connectivity index (χ1n) is 7.87. The van der Waals surface area contributed by atoms with Crippen LogP contribution in [0.15, 0.2) is 22.8 Å². The zero-order valence-corrected chi connectivity index (χ0v) is 12.1. The highest BCUT2D eigenvalue weighted by Gasteiger charge is 2.27. The van der Waals surface area contributed by atoms with Crippen LogP contribution in [-0.4, -0.2) is 47.9 Å². The standard InChI is InChI=1S/C16H24N2O2/c19-16(8-7-15-6-3-13-20-15)18-11-9-17(10-12-18)14-4-1-2-5-14/h3,6,13-14H,1-2,4-5,7-12H2. The smallest absolute Gasteiger partial charge is 0.223 e. The fraction of sp³-hybridized carbons (Fsp3) is 0.688. The van der Waals surface area contributed by atoms with Crippen molar-refractivity contribution >= 4 is 5.91 Å². The quantitative estimate of drug-likeness (QED) is 0.846. The van der Waals surface area contributed by atoms with Gasteiger partial charge in [-0.2, -0.15) is 0 Å². The van der Waals surface area contributed by atoms with Crippen LogP contribution in [0.5, 0.6) is 0 Å². The Morgan fingerprint density at radius 1 is 1.20 bits per heavy atom. The molecule has 0 aromatic carbocycles. The van der Waals surface area contributed by atoms with Gasteiger partial charge in [-0.15, -0.1) is 0 Å². The molecule has 110 valence electrons. The monoisotopic (exact) mass is 276 g/mol. The summed E-state index contributed by atoms with van der Waals surface area (Å²) in [5.41, 5.74) is 0. The Morgan fingerprint density at radius 2 is 1.95 bits per heavy atom. The van der Waals surface area contributed by atoms with E-state index in [0.717, 1.165) is 38.0 Å². The lowest BCUT2D eigenvalue weighted by Crippen LogP contribution is -2.51. The van der Waals surface area contributed by atoms with Gasteiger partial charge in [0.15, 0.2) is 0 Å². The zero-order chi connectivity index (χ0) is 13.8. The van der Waals surface area contributed by atoms with Crippen molar-refractivity contribution in [1.82, 2.24) is 9.80 Å². The maximum absolute atomic E-state index is 12.2. The van der Waals surface area contributed by atoms with Crippen LogP contribution < -0.4 is 0 Å². The van der Waals surface area contributed by atoms with Gasteiger partial charge in [0.1, 0.15) is 5.76 Å². The Bertz CT molecular complexity index is 416. The second kappa shape index (κ2) is 6.44. The molecular formula is C16H24N2O2. The van der Waals surface area contributed by atoms with Crippen molar-refractivity contribution in [2.75, 3.05) is 26.2 Å². The van der Waals surface area contributed by atoms with E-state index >= 15 is 0 Å². The van der Waals surface area contributed by atoms with Gasteiger partial charge in [0.2, 0.25) is 5.91 Å². The summed E-state index contributed by atoms with van der Waals surface area (Å²) < 4.78 is 5.28. The fourth-order valence-electron chi connectivity index (χ4n) is 3.45. The lowest BCUT2D eigenvalue weighted by atomic mass is 10.1. The topological polar surface area (TPSA) is 36.7 Å². The van der Waals surface area contributed by atoms with Crippen molar-refractivity contribution < 1.29 is 9.21 Å². The van der Waals surface area contributed by atoms with E-state index < -0.39 is 0 Å². The normalized spacial score (nSPS) is 21.5. The molecule has 1 saturated carbocycles. The molecule has 0 bridgehead atoms. The van der Waals surface area contributed by atoms with E-state index in [1.54, 1.807) is 6.26 Å². The molecule has 0 spiro atoms. The van der Waals surface area contributed by atoms with Gasteiger partial charge in [-0.3, -0.25) is 9.69 Å². The SMILES string of the molecule is O=C(CCc1ccco1)N1CCN(C2CCCC2)CC1. The number of piperazine rings is 1. The Kier molecular flexibility index (Phi) is 4.41. The van der Waals surface area contributed by atoms with Crippen LogP contribution in [-0.2, 0) is 11.2 Å². The lowest BCUT2D eigenvalue weighted by molar-refractivity contribution is -0.133. The molecule has 20 heavy (non-hydrogen) atoms. The van der Waals surface area contributed by atoms with Crippen molar-refractivity contribution in [3.8, 4) is 0 Å². The largest absolute Gasteiger partial charge is 0.469 e. The van der Waals surface area contributed by atoms with E-state index in [9.17, 15) is 4.79 Å². The van der Waals surface area contributed by atoms with Crippen molar-refractivity contribution in [1.29, 1.82) is 0 Å². The van der Waals surface area contributed by atoms with Crippen LogP contribution in [0.3, 0.4) is 0 Å².